The Morgan fingerprint density at radius 2 is 1.61 bits per heavy atom. The summed E-state index contributed by atoms with van der Waals surface area (Å²) in [5, 5.41) is 3.11. The van der Waals surface area contributed by atoms with Gasteiger partial charge in [0, 0.05) is 10.6 Å². The number of amides is 1. The molecule has 0 spiro atoms. The molecule has 2 aromatic carbocycles. The van der Waals surface area contributed by atoms with E-state index in [0.717, 1.165) is 5.56 Å². The van der Waals surface area contributed by atoms with Gasteiger partial charge in [-0.15, -0.1) is 0 Å². The van der Waals surface area contributed by atoms with Gasteiger partial charge in [0.2, 0.25) is 10.0 Å². The Morgan fingerprint density at radius 1 is 1.04 bits per heavy atom. The number of hydrogen-bond acceptors (Lipinski definition) is 2. The van der Waals surface area contributed by atoms with Crippen LogP contribution in [0, 0.1) is 6.92 Å². The number of halogens is 4. The van der Waals surface area contributed by atoms with Crippen molar-refractivity contribution in [2.75, 3.05) is 0 Å². The highest BCUT2D eigenvalue weighted by Crippen LogP contribution is 2.32. The number of carbonyl (C=O) groups excluding carboxylic acids is 1. The second-order valence-electron chi connectivity index (χ2n) is 4.83. The Kier molecular flexibility index (Phi) is 6.04. The summed E-state index contributed by atoms with van der Waals surface area (Å²) in [4.78, 5) is 12.3. The lowest BCUT2D eigenvalue weighted by Crippen LogP contribution is -2.47. The highest BCUT2D eigenvalue weighted by Gasteiger charge is 2.36. The van der Waals surface area contributed by atoms with E-state index in [4.69, 9.17) is 51.1 Å². The first-order chi connectivity index (χ1) is 10.8. The topological polar surface area (TPSA) is 38.3 Å². The molecular formula is C16H13Cl4NO2. The molecule has 0 aromatic heterocycles. The van der Waals surface area contributed by atoms with Crippen LogP contribution in [0.2, 0.25) is 5.02 Å². The SMILES string of the molecule is Cc1ccc(C(=O)NC(Oc2ccc(Cl)cc2)C(Cl)(Cl)Cl)cc1. The fourth-order valence-electron chi connectivity index (χ4n) is 1.73. The average molecular weight is 393 g/mol. The van der Waals surface area contributed by atoms with E-state index in [9.17, 15) is 4.79 Å². The van der Waals surface area contributed by atoms with Crippen LogP contribution in [-0.4, -0.2) is 15.9 Å². The molecule has 0 aliphatic heterocycles. The minimum atomic E-state index is -1.85. The van der Waals surface area contributed by atoms with E-state index in [1.807, 2.05) is 19.1 Å². The van der Waals surface area contributed by atoms with Crippen molar-refractivity contribution in [3.05, 3.63) is 64.7 Å². The van der Waals surface area contributed by atoms with Gasteiger partial charge in [-0.2, -0.15) is 0 Å². The van der Waals surface area contributed by atoms with Crippen LogP contribution >= 0.6 is 46.4 Å². The predicted octanol–water partition coefficient (Wildman–Crippen LogP) is 5.15. The highest BCUT2D eigenvalue weighted by atomic mass is 35.6. The summed E-state index contributed by atoms with van der Waals surface area (Å²) in [6.45, 7) is 1.93. The molecule has 0 aliphatic rings. The smallest absolute Gasteiger partial charge is 0.254 e. The van der Waals surface area contributed by atoms with E-state index in [0.29, 0.717) is 16.3 Å². The number of carbonyl (C=O) groups is 1. The summed E-state index contributed by atoms with van der Waals surface area (Å²) in [5.41, 5.74) is 1.48. The number of aryl methyl sites for hydroxylation is 1. The number of alkyl halides is 3. The predicted molar refractivity (Wildman–Crippen MR) is 94.8 cm³/mol. The van der Waals surface area contributed by atoms with Gasteiger partial charge in [0.15, 0.2) is 0 Å². The second-order valence-corrected chi connectivity index (χ2v) is 7.64. The van der Waals surface area contributed by atoms with Crippen LogP contribution < -0.4 is 10.1 Å². The Morgan fingerprint density at radius 3 is 2.13 bits per heavy atom. The molecule has 1 N–H and O–H groups in total. The lowest BCUT2D eigenvalue weighted by Gasteiger charge is -2.26. The fourth-order valence-corrected chi connectivity index (χ4v) is 2.16. The highest BCUT2D eigenvalue weighted by molar-refractivity contribution is 6.68. The van der Waals surface area contributed by atoms with Crippen LogP contribution in [0.25, 0.3) is 0 Å². The van der Waals surface area contributed by atoms with Crippen molar-refractivity contribution in [2.24, 2.45) is 0 Å². The molecule has 2 aromatic rings. The maximum Gasteiger partial charge on any atom is 0.254 e. The van der Waals surface area contributed by atoms with Crippen molar-refractivity contribution in [3.63, 3.8) is 0 Å². The van der Waals surface area contributed by atoms with Crippen molar-refractivity contribution in [1.29, 1.82) is 0 Å². The van der Waals surface area contributed by atoms with Crippen LogP contribution in [0.3, 0.4) is 0 Å². The lowest BCUT2D eigenvalue weighted by molar-refractivity contribution is 0.0833. The summed E-state index contributed by atoms with van der Waals surface area (Å²) >= 11 is 23.5. The van der Waals surface area contributed by atoms with Crippen molar-refractivity contribution in [2.45, 2.75) is 16.9 Å². The Balaban J connectivity index is 2.14. The molecule has 0 radical (unpaired) electrons. The third kappa shape index (κ3) is 5.47. The molecule has 7 heteroatoms. The summed E-state index contributed by atoms with van der Waals surface area (Å²) in [7, 11) is 0. The summed E-state index contributed by atoms with van der Waals surface area (Å²) in [5.74, 6) is 0.00483. The number of ether oxygens (including phenoxy) is 1. The monoisotopic (exact) mass is 391 g/mol. The van der Waals surface area contributed by atoms with E-state index in [2.05, 4.69) is 5.32 Å². The first kappa shape index (κ1) is 18.2. The molecular weight excluding hydrogens is 380 g/mol. The summed E-state index contributed by atoms with van der Waals surface area (Å²) < 4.78 is 3.72. The van der Waals surface area contributed by atoms with Crippen molar-refractivity contribution < 1.29 is 9.53 Å². The number of nitrogens with one attached hydrogen (secondary N) is 1. The number of benzene rings is 2. The minimum Gasteiger partial charge on any atom is -0.466 e. The molecule has 2 rings (SSSR count). The fraction of sp³-hybridized carbons (Fsp3) is 0.188. The Hall–Kier alpha value is -1.13. The van der Waals surface area contributed by atoms with E-state index in [1.54, 1.807) is 36.4 Å². The average Bonchev–Trinajstić information content (AvgIpc) is 2.48. The third-order valence-electron chi connectivity index (χ3n) is 2.94. The molecule has 1 amide bonds. The van der Waals surface area contributed by atoms with Gasteiger partial charge in [-0.25, -0.2) is 0 Å². The maximum absolute atomic E-state index is 12.3. The summed E-state index contributed by atoms with van der Waals surface area (Å²) in [6, 6.07) is 13.5. The molecule has 1 atom stereocenters. The molecule has 1 unspecified atom stereocenters. The number of rotatable bonds is 4. The minimum absolute atomic E-state index is 0.407. The molecule has 0 saturated carbocycles. The summed E-state index contributed by atoms with van der Waals surface area (Å²) in [6.07, 6.45) is -1.16. The van der Waals surface area contributed by atoms with Crippen LogP contribution in [-0.2, 0) is 0 Å². The van der Waals surface area contributed by atoms with Gasteiger partial charge in [-0.1, -0.05) is 64.1 Å². The molecule has 122 valence electrons. The maximum atomic E-state index is 12.3. The number of hydrogen-bond donors (Lipinski definition) is 1. The van der Waals surface area contributed by atoms with Gasteiger partial charge in [0.25, 0.3) is 5.91 Å². The van der Waals surface area contributed by atoms with Crippen LogP contribution in [0.5, 0.6) is 5.75 Å². The third-order valence-corrected chi connectivity index (χ3v) is 3.79. The normalized spacial score (nSPS) is 12.6. The van der Waals surface area contributed by atoms with Crippen LogP contribution in [0.15, 0.2) is 48.5 Å². The molecule has 3 nitrogen and oxygen atoms in total. The van der Waals surface area contributed by atoms with Crippen molar-refractivity contribution in [1.82, 2.24) is 5.32 Å². The van der Waals surface area contributed by atoms with E-state index >= 15 is 0 Å². The zero-order valence-electron chi connectivity index (χ0n) is 12.0. The largest absolute Gasteiger partial charge is 0.466 e. The Labute approximate surface area is 154 Å². The van der Waals surface area contributed by atoms with Gasteiger partial charge < -0.3 is 10.1 Å². The lowest BCUT2D eigenvalue weighted by atomic mass is 10.1. The van der Waals surface area contributed by atoms with Gasteiger partial charge in [-0.3, -0.25) is 4.79 Å². The Bertz CT molecular complexity index is 666. The van der Waals surface area contributed by atoms with Gasteiger partial charge >= 0.3 is 0 Å². The van der Waals surface area contributed by atoms with Crippen molar-refractivity contribution >= 4 is 52.3 Å². The van der Waals surface area contributed by atoms with Crippen LogP contribution in [0.4, 0.5) is 0 Å². The molecule has 0 bridgehead atoms. The zero-order chi connectivity index (χ0) is 17.0. The van der Waals surface area contributed by atoms with Gasteiger partial charge in [0.05, 0.1) is 0 Å². The molecule has 0 saturated heterocycles. The molecule has 0 heterocycles. The first-order valence-electron chi connectivity index (χ1n) is 6.62. The standard InChI is InChI=1S/C16H13Cl4NO2/c1-10-2-4-11(5-3-10)14(22)21-15(16(18,19)20)23-13-8-6-12(17)7-9-13/h2-9,15H,1H3,(H,21,22). The van der Waals surface area contributed by atoms with Crippen LogP contribution in [0.1, 0.15) is 15.9 Å². The first-order valence-corrected chi connectivity index (χ1v) is 8.13. The van der Waals surface area contributed by atoms with Crippen molar-refractivity contribution in [3.8, 4) is 5.75 Å². The second kappa shape index (κ2) is 7.63. The van der Waals surface area contributed by atoms with Gasteiger partial charge in [-0.05, 0) is 43.3 Å². The molecule has 23 heavy (non-hydrogen) atoms. The van der Waals surface area contributed by atoms with E-state index < -0.39 is 15.9 Å². The zero-order valence-corrected chi connectivity index (χ0v) is 15.0. The molecule has 0 fully saturated rings. The molecule has 0 aliphatic carbocycles. The quantitative estimate of drug-likeness (QED) is 0.576. The van der Waals surface area contributed by atoms with E-state index in [-0.39, 0.29) is 0 Å². The van der Waals surface area contributed by atoms with Gasteiger partial charge in [0.1, 0.15) is 5.75 Å². The van der Waals surface area contributed by atoms with E-state index in [1.165, 1.54) is 0 Å².